The molecule has 0 aromatic carbocycles. The van der Waals surface area contributed by atoms with E-state index in [1.54, 1.807) is 0 Å². The molecule has 4 N–H and O–H groups in total. The first kappa shape index (κ1) is 23.8. The fourth-order valence-electron chi connectivity index (χ4n) is 2.44. The first-order valence-corrected chi connectivity index (χ1v) is 9.45. The summed E-state index contributed by atoms with van der Waals surface area (Å²) in [6.07, 6.45) is 10.9. The quantitative estimate of drug-likeness (QED) is 0.264. The fraction of sp³-hybridized carbons (Fsp3) is 1.00. The average molecular weight is 350 g/mol. The van der Waals surface area contributed by atoms with Crippen LogP contribution in [0, 0.1) is 0 Å². The number of aliphatic hydroxyl groups excluding tert-OH is 4. The topological polar surface area (TPSA) is 99.4 Å². The number of hydrogen-bond acceptors (Lipinski definition) is 6. The molecular formula is C18H38O6. The largest absolute Gasteiger partial charge is 0.394 e. The monoisotopic (exact) mass is 350 g/mol. The van der Waals surface area contributed by atoms with Crippen molar-refractivity contribution in [1.82, 2.24) is 0 Å². The third-order valence-electron chi connectivity index (χ3n) is 4.06. The molecule has 0 bridgehead atoms. The maximum absolute atomic E-state index is 8.85. The van der Waals surface area contributed by atoms with Crippen LogP contribution in [0.15, 0.2) is 0 Å². The normalized spacial score (nSPS) is 11.8. The number of hydrogen-bond donors (Lipinski definition) is 4. The molecular weight excluding hydrogens is 312 g/mol. The molecule has 0 atom stereocenters. The van der Waals surface area contributed by atoms with Gasteiger partial charge in [0, 0.05) is 13.2 Å². The highest BCUT2D eigenvalue weighted by Gasteiger charge is 2.05. The fourth-order valence-corrected chi connectivity index (χ4v) is 2.44. The van der Waals surface area contributed by atoms with Gasteiger partial charge in [-0.1, -0.05) is 51.4 Å². The van der Waals surface area contributed by atoms with Gasteiger partial charge in [-0.3, -0.25) is 0 Å². The van der Waals surface area contributed by atoms with Gasteiger partial charge in [-0.15, -0.1) is 0 Å². The summed E-state index contributed by atoms with van der Waals surface area (Å²) >= 11 is 0. The van der Waals surface area contributed by atoms with Crippen molar-refractivity contribution in [3.05, 3.63) is 0 Å². The first-order valence-electron chi connectivity index (χ1n) is 9.45. The predicted molar refractivity (Wildman–Crippen MR) is 94.0 cm³/mol. The van der Waals surface area contributed by atoms with Gasteiger partial charge in [0.1, 0.15) is 12.2 Å². The number of unbranched alkanes of at least 4 members (excludes halogenated alkanes) is 9. The Bertz CT molecular complexity index is 208. The zero-order valence-corrected chi connectivity index (χ0v) is 15.1. The summed E-state index contributed by atoms with van der Waals surface area (Å²) in [5.74, 6) is 0. The summed E-state index contributed by atoms with van der Waals surface area (Å²) < 4.78 is 10.6. The van der Waals surface area contributed by atoms with E-state index in [1.807, 2.05) is 0 Å². The molecule has 0 radical (unpaired) electrons. The Morgan fingerprint density at radius 1 is 0.417 bits per heavy atom. The molecule has 146 valence electrons. The van der Waals surface area contributed by atoms with E-state index in [1.165, 1.54) is 38.5 Å². The Hall–Kier alpha value is -0.240. The number of ether oxygens (including phenoxy) is 2. The summed E-state index contributed by atoms with van der Waals surface area (Å²) in [5, 5.41) is 35.4. The molecule has 0 saturated heterocycles. The Labute approximate surface area is 146 Å². The van der Waals surface area contributed by atoms with Crippen molar-refractivity contribution in [2.75, 3.05) is 39.6 Å². The molecule has 0 spiro atoms. The Balaban J connectivity index is 3.12. The minimum Gasteiger partial charge on any atom is -0.394 e. The molecule has 0 fully saturated rings. The molecule has 0 aliphatic heterocycles. The first-order chi connectivity index (χ1) is 11.8. The zero-order valence-electron chi connectivity index (χ0n) is 15.1. The molecule has 0 aromatic heterocycles. The van der Waals surface area contributed by atoms with Crippen LogP contribution in [0.4, 0.5) is 0 Å². The van der Waals surface area contributed by atoms with Crippen molar-refractivity contribution in [2.45, 2.75) is 76.4 Å². The second-order valence-corrected chi connectivity index (χ2v) is 6.25. The third kappa shape index (κ3) is 15.3. The van der Waals surface area contributed by atoms with E-state index in [9.17, 15) is 0 Å². The summed E-state index contributed by atoms with van der Waals surface area (Å²) in [7, 11) is 0. The van der Waals surface area contributed by atoms with E-state index in [4.69, 9.17) is 29.9 Å². The lowest BCUT2D eigenvalue weighted by atomic mass is 10.1. The van der Waals surface area contributed by atoms with Crippen LogP contribution in [0.2, 0.25) is 0 Å². The van der Waals surface area contributed by atoms with Gasteiger partial charge in [0.25, 0.3) is 0 Å². The molecule has 0 aromatic rings. The zero-order chi connectivity index (χ0) is 17.9. The Morgan fingerprint density at radius 2 is 0.667 bits per heavy atom. The summed E-state index contributed by atoms with van der Waals surface area (Å²) in [5.41, 5.74) is 0. The lowest BCUT2D eigenvalue weighted by molar-refractivity contribution is -0.0209. The molecule has 0 rings (SSSR count). The van der Waals surface area contributed by atoms with Gasteiger partial charge in [-0.05, 0) is 12.8 Å². The predicted octanol–water partition coefficient (Wildman–Crippen LogP) is 1.63. The Kier molecular flexibility index (Phi) is 18.9. The third-order valence-corrected chi connectivity index (χ3v) is 4.06. The van der Waals surface area contributed by atoms with Crippen LogP contribution < -0.4 is 0 Å². The standard InChI is InChI=1S/C18H38O6/c19-13-17(14-20)23-11-9-7-5-3-1-2-4-6-8-10-12-24-18(15-21)16-22/h17-22H,1-16H2. The van der Waals surface area contributed by atoms with Crippen molar-refractivity contribution < 1.29 is 29.9 Å². The van der Waals surface area contributed by atoms with Gasteiger partial charge in [-0.25, -0.2) is 0 Å². The molecule has 0 unspecified atom stereocenters. The van der Waals surface area contributed by atoms with Crippen molar-refractivity contribution in [2.24, 2.45) is 0 Å². The second kappa shape index (κ2) is 19.1. The number of rotatable bonds is 19. The summed E-state index contributed by atoms with van der Waals surface area (Å²) in [6.45, 7) is 0.749. The highest BCUT2D eigenvalue weighted by Crippen LogP contribution is 2.11. The lowest BCUT2D eigenvalue weighted by Gasteiger charge is -2.12. The SMILES string of the molecule is OCC(CO)OCCCCCCCCCCCCOC(CO)CO. The van der Waals surface area contributed by atoms with Crippen LogP contribution in [0.3, 0.4) is 0 Å². The van der Waals surface area contributed by atoms with Crippen molar-refractivity contribution in [3.8, 4) is 0 Å². The van der Waals surface area contributed by atoms with Crippen molar-refractivity contribution in [1.29, 1.82) is 0 Å². The molecule has 24 heavy (non-hydrogen) atoms. The van der Waals surface area contributed by atoms with Crippen molar-refractivity contribution >= 4 is 0 Å². The van der Waals surface area contributed by atoms with E-state index in [0.29, 0.717) is 13.2 Å². The van der Waals surface area contributed by atoms with E-state index < -0.39 is 12.2 Å². The minimum absolute atomic E-state index is 0.119. The maximum atomic E-state index is 8.85. The molecule has 0 amide bonds. The summed E-state index contributed by atoms with van der Waals surface area (Å²) in [6, 6.07) is 0. The molecule has 6 heteroatoms. The van der Waals surface area contributed by atoms with Crippen LogP contribution in [-0.4, -0.2) is 72.3 Å². The van der Waals surface area contributed by atoms with Gasteiger partial charge in [0.2, 0.25) is 0 Å². The van der Waals surface area contributed by atoms with Crippen LogP contribution in [-0.2, 0) is 9.47 Å². The van der Waals surface area contributed by atoms with Gasteiger partial charge >= 0.3 is 0 Å². The van der Waals surface area contributed by atoms with Gasteiger partial charge < -0.3 is 29.9 Å². The highest BCUT2D eigenvalue weighted by atomic mass is 16.5. The van der Waals surface area contributed by atoms with Gasteiger partial charge in [0.15, 0.2) is 0 Å². The molecule has 0 aliphatic carbocycles. The molecule has 0 heterocycles. The van der Waals surface area contributed by atoms with E-state index in [0.717, 1.165) is 25.7 Å². The van der Waals surface area contributed by atoms with Crippen LogP contribution in [0.25, 0.3) is 0 Å². The molecule has 0 saturated carbocycles. The second-order valence-electron chi connectivity index (χ2n) is 6.25. The van der Waals surface area contributed by atoms with Crippen LogP contribution in [0.1, 0.15) is 64.2 Å². The molecule has 0 aliphatic rings. The van der Waals surface area contributed by atoms with Crippen molar-refractivity contribution in [3.63, 3.8) is 0 Å². The highest BCUT2D eigenvalue weighted by molar-refractivity contribution is 4.54. The molecule has 6 nitrogen and oxygen atoms in total. The van der Waals surface area contributed by atoms with Gasteiger partial charge in [-0.2, -0.15) is 0 Å². The van der Waals surface area contributed by atoms with Gasteiger partial charge in [0.05, 0.1) is 26.4 Å². The lowest BCUT2D eigenvalue weighted by Crippen LogP contribution is -2.22. The van der Waals surface area contributed by atoms with E-state index in [-0.39, 0.29) is 26.4 Å². The Morgan fingerprint density at radius 3 is 0.917 bits per heavy atom. The van der Waals surface area contributed by atoms with E-state index >= 15 is 0 Å². The van der Waals surface area contributed by atoms with E-state index in [2.05, 4.69) is 0 Å². The smallest absolute Gasteiger partial charge is 0.104 e. The maximum Gasteiger partial charge on any atom is 0.104 e. The van der Waals surface area contributed by atoms with Crippen LogP contribution >= 0.6 is 0 Å². The summed E-state index contributed by atoms with van der Waals surface area (Å²) in [4.78, 5) is 0. The minimum atomic E-state index is -0.423. The van der Waals surface area contributed by atoms with Crippen LogP contribution in [0.5, 0.6) is 0 Å². The average Bonchev–Trinajstić information content (AvgIpc) is 2.62. The number of aliphatic hydroxyl groups is 4.